The van der Waals surface area contributed by atoms with Gasteiger partial charge in [-0.3, -0.25) is 9.59 Å². The number of rotatable bonds is 9. The van der Waals surface area contributed by atoms with Gasteiger partial charge in [-0.05, 0) is 32.0 Å². The molecule has 0 bridgehead atoms. The minimum absolute atomic E-state index is 0.0745. The van der Waals surface area contributed by atoms with Gasteiger partial charge in [-0.1, -0.05) is 32.9 Å². The third kappa shape index (κ3) is 6.53. The summed E-state index contributed by atoms with van der Waals surface area (Å²) in [6, 6.07) is 10.6. The highest BCUT2D eigenvalue weighted by molar-refractivity contribution is 8.00. The van der Waals surface area contributed by atoms with E-state index in [0.717, 1.165) is 17.7 Å². The average Bonchev–Trinajstić information content (AvgIpc) is 3.14. The van der Waals surface area contributed by atoms with Crippen molar-refractivity contribution in [2.24, 2.45) is 5.41 Å². The second-order valence-electron chi connectivity index (χ2n) is 9.10. The van der Waals surface area contributed by atoms with Gasteiger partial charge in [0.05, 0.1) is 23.6 Å². The molecule has 0 radical (unpaired) electrons. The Labute approximate surface area is 204 Å². The number of nitrogens with one attached hydrogen (secondary N) is 1. The maximum atomic E-state index is 12.7. The Morgan fingerprint density at radius 1 is 1.18 bits per heavy atom. The maximum Gasteiger partial charge on any atom is 0.339 e. The summed E-state index contributed by atoms with van der Waals surface area (Å²) in [6.07, 6.45) is 0.884. The number of carbonyl (C=O) groups excluding carboxylic acids is 3. The fraction of sp³-hybridized carbons (Fsp3) is 0.423. The average molecular weight is 486 g/mol. The summed E-state index contributed by atoms with van der Waals surface area (Å²) in [7, 11) is 0. The minimum Gasteiger partial charge on any atom is -0.492 e. The topological polar surface area (TPSA) is 90.9 Å². The first-order valence-electron chi connectivity index (χ1n) is 11.3. The second-order valence-corrected chi connectivity index (χ2v) is 10.1. The molecular formula is C26H31NO6S. The van der Waals surface area contributed by atoms with E-state index in [9.17, 15) is 14.4 Å². The number of carbonyl (C=O) groups is 3. The van der Waals surface area contributed by atoms with Crippen molar-refractivity contribution in [1.82, 2.24) is 0 Å². The molecule has 1 atom stereocenters. The molecule has 0 saturated carbocycles. The molecule has 0 unspecified atom stereocenters. The third-order valence-corrected chi connectivity index (χ3v) is 6.28. The number of Topliss-reactive ketones (excluding diaryl/α,β-unsaturated/α-hetero) is 1. The molecule has 0 spiro atoms. The van der Waals surface area contributed by atoms with Gasteiger partial charge in [0, 0.05) is 28.4 Å². The van der Waals surface area contributed by atoms with Gasteiger partial charge in [0.2, 0.25) is 5.91 Å². The fourth-order valence-corrected chi connectivity index (χ4v) is 4.17. The first-order chi connectivity index (χ1) is 16.1. The first kappa shape index (κ1) is 25.6. The molecule has 8 heteroatoms. The summed E-state index contributed by atoms with van der Waals surface area (Å²) in [5, 5.41) is 2.89. The number of thioether (sulfide) groups is 1. The number of benzene rings is 2. The molecule has 0 fully saturated rings. The van der Waals surface area contributed by atoms with Crippen LogP contribution in [0.25, 0.3) is 0 Å². The normalized spacial score (nSPS) is 14.7. The van der Waals surface area contributed by atoms with E-state index in [1.54, 1.807) is 51.1 Å². The summed E-state index contributed by atoms with van der Waals surface area (Å²) in [5.41, 5.74) is 1.33. The molecule has 0 saturated heterocycles. The molecule has 1 heterocycles. The van der Waals surface area contributed by atoms with Crippen LogP contribution in [0.5, 0.6) is 11.5 Å². The van der Waals surface area contributed by atoms with Gasteiger partial charge in [-0.2, -0.15) is 0 Å². The highest BCUT2D eigenvalue weighted by Gasteiger charge is 2.24. The Kier molecular flexibility index (Phi) is 8.25. The fourth-order valence-electron chi connectivity index (χ4n) is 3.33. The number of ketones is 1. The lowest BCUT2D eigenvalue weighted by Crippen LogP contribution is -2.26. The SMILES string of the molecule is CCOc1cc2c(cc1NC(=O)CSc1ccccc1C(=O)OCC(=O)C(C)(C)C)O[C@@H](C)C2. The van der Waals surface area contributed by atoms with Crippen molar-refractivity contribution < 1.29 is 28.6 Å². The van der Waals surface area contributed by atoms with Crippen LogP contribution in [0.2, 0.25) is 0 Å². The monoisotopic (exact) mass is 485 g/mol. The number of hydrogen-bond donors (Lipinski definition) is 1. The van der Waals surface area contributed by atoms with Crippen molar-refractivity contribution in [2.45, 2.75) is 52.0 Å². The molecule has 1 aliphatic rings. The minimum atomic E-state index is -0.593. The summed E-state index contributed by atoms with van der Waals surface area (Å²) < 4.78 is 16.7. The summed E-state index contributed by atoms with van der Waals surface area (Å²) in [6.45, 7) is 9.39. The lowest BCUT2D eigenvalue weighted by Gasteiger charge is -2.16. The lowest BCUT2D eigenvalue weighted by molar-refractivity contribution is -0.129. The van der Waals surface area contributed by atoms with Crippen LogP contribution in [-0.2, 0) is 20.7 Å². The van der Waals surface area contributed by atoms with Gasteiger partial charge in [0.1, 0.15) is 17.6 Å². The Morgan fingerprint density at radius 3 is 2.62 bits per heavy atom. The van der Waals surface area contributed by atoms with Crippen LogP contribution in [-0.4, -0.2) is 42.7 Å². The van der Waals surface area contributed by atoms with E-state index in [-0.39, 0.29) is 30.2 Å². The van der Waals surface area contributed by atoms with E-state index < -0.39 is 11.4 Å². The molecule has 34 heavy (non-hydrogen) atoms. The van der Waals surface area contributed by atoms with Crippen LogP contribution in [0.4, 0.5) is 5.69 Å². The summed E-state index contributed by atoms with van der Waals surface area (Å²) in [4.78, 5) is 38.0. The Bertz CT molecular complexity index is 1080. The molecule has 0 aromatic heterocycles. The van der Waals surface area contributed by atoms with Crippen molar-refractivity contribution >= 4 is 35.1 Å². The van der Waals surface area contributed by atoms with Crippen LogP contribution < -0.4 is 14.8 Å². The van der Waals surface area contributed by atoms with E-state index in [4.69, 9.17) is 14.2 Å². The number of ether oxygens (including phenoxy) is 3. The van der Waals surface area contributed by atoms with Crippen LogP contribution >= 0.6 is 11.8 Å². The van der Waals surface area contributed by atoms with Crippen molar-refractivity contribution in [3.8, 4) is 11.5 Å². The third-order valence-electron chi connectivity index (χ3n) is 5.21. The van der Waals surface area contributed by atoms with Gasteiger partial charge >= 0.3 is 5.97 Å². The summed E-state index contributed by atoms with van der Waals surface area (Å²) in [5.74, 6) is 0.419. The smallest absolute Gasteiger partial charge is 0.339 e. The standard InChI is InChI=1S/C26H31NO6S/c1-6-31-21-12-17-11-16(2)33-20(17)13-19(21)27-24(29)15-34-22-10-8-7-9-18(22)25(30)32-14-23(28)26(3,4)5/h7-10,12-13,16H,6,11,14-15H2,1-5H3,(H,27,29)/t16-/m0/s1. The van der Waals surface area contributed by atoms with E-state index in [1.165, 1.54) is 11.8 Å². The number of anilines is 1. The van der Waals surface area contributed by atoms with Crippen LogP contribution in [0.3, 0.4) is 0 Å². The molecule has 1 amide bonds. The van der Waals surface area contributed by atoms with Crippen LogP contribution in [0, 0.1) is 5.41 Å². The molecule has 1 N–H and O–H groups in total. The zero-order valence-corrected chi connectivity index (χ0v) is 21.0. The van der Waals surface area contributed by atoms with Gasteiger partial charge < -0.3 is 19.5 Å². The molecular weight excluding hydrogens is 454 g/mol. The second kappa shape index (κ2) is 11.0. The molecule has 3 rings (SSSR count). The van der Waals surface area contributed by atoms with Crippen molar-refractivity contribution in [1.29, 1.82) is 0 Å². The quantitative estimate of drug-likeness (QED) is 0.399. The Morgan fingerprint density at radius 2 is 1.91 bits per heavy atom. The van der Waals surface area contributed by atoms with E-state index in [1.807, 2.05) is 19.9 Å². The highest BCUT2D eigenvalue weighted by Crippen LogP contribution is 2.38. The van der Waals surface area contributed by atoms with Crippen molar-refractivity contribution in [2.75, 3.05) is 24.3 Å². The lowest BCUT2D eigenvalue weighted by atomic mass is 9.91. The molecule has 1 aliphatic heterocycles. The van der Waals surface area contributed by atoms with Crippen LogP contribution in [0.1, 0.15) is 50.5 Å². The van der Waals surface area contributed by atoms with Crippen molar-refractivity contribution in [3.05, 3.63) is 47.5 Å². The van der Waals surface area contributed by atoms with Gasteiger partial charge in [0.15, 0.2) is 12.4 Å². The molecule has 0 aliphatic carbocycles. The predicted octanol–water partition coefficient (Wildman–Crippen LogP) is 4.91. The van der Waals surface area contributed by atoms with Gasteiger partial charge in [-0.25, -0.2) is 4.79 Å². The summed E-state index contributed by atoms with van der Waals surface area (Å²) >= 11 is 1.22. The largest absolute Gasteiger partial charge is 0.492 e. The van der Waals surface area contributed by atoms with Crippen LogP contribution in [0.15, 0.2) is 41.3 Å². The van der Waals surface area contributed by atoms with E-state index in [0.29, 0.717) is 28.5 Å². The molecule has 182 valence electrons. The maximum absolute atomic E-state index is 12.7. The predicted molar refractivity (Wildman–Crippen MR) is 132 cm³/mol. The first-order valence-corrected chi connectivity index (χ1v) is 12.3. The van der Waals surface area contributed by atoms with E-state index >= 15 is 0 Å². The Hall–Kier alpha value is -3.00. The molecule has 7 nitrogen and oxygen atoms in total. The number of esters is 1. The highest BCUT2D eigenvalue weighted by atomic mass is 32.2. The molecule has 2 aromatic rings. The zero-order chi connectivity index (χ0) is 24.9. The molecule has 2 aromatic carbocycles. The Balaban J connectivity index is 1.64. The van der Waals surface area contributed by atoms with Crippen molar-refractivity contribution in [3.63, 3.8) is 0 Å². The van der Waals surface area contributed by atoms with Gasteiger partial charge in [0.25, 0.3) is 0 Å². The zero-order valence-electron chi connectivity index (χ0n) is 20.2. The number of hydrogen-bond acceptors (Lipinski definition) is 7. The number of fused-ring (bicyclic) bond motifs is 1. The van der Waals surface area contributed by atoms with E-state index in [2.05, 4.69) is 5.32 Å². The van der Waals surface area contributed by atoms with Gasteiger partial charge in [-0.15, -0.1) is 11.8 Å². The number of amides is 1.